The van der Waals surface area contributed by atoms with Gasteiger partial charge in [0.1, 0.15) is 5.84 Å². The third kappa shape index (κ3) is 4.37. The summed E-state index contributed by atoms with van der Waals surface area (Å²) in [6.45, 7) is 1.83. The Hall–Kier alpha value is -1.94. The molecule has 0 spiro atoms. The number of rotatable bonds is 5. The number of alkyl halides is 1. The average Bonchev–Trinajstić information content (AvgIpc) is 2.54. The summed E-state index contributed by atoms with van der Waals surface area (Å²) in [6.07, 6.45) is 0. The van der Waals surface area contributed by atoms with Crippen LogP contribution in [0.25, 0.3) is 0 Å². The Bertz CT molecular complexity index is 1030. The van der Waals surface area contributed by atoms with Crippen LogP contribution < -0.4 is 10.9 Å². The lowest BCUT2D eigenvalue weighted by Crippen LogP contribution is -2.14. The molecule has 0 amide bonds. The van der Waals surface area contributed by atoms with E-state index in [-0.39, 0.29) is 32.1 Å². The molecule has 10 heteroatoms. The minimum Gasteiger partial charge on any atom is -0.386 e. The maximum absolute atomic E-state index is 12.9. The van der Waals surface area contributed by atoms with E-state index in [1.807, 2.05) is 6.92 Å². The zero-order valence-electron chi connectivity index (χ0n) is 13.2. The molecule has 0 fully saturated rings. The zero-order valence-corrected chi connectivity index (χ0v) is 15.6. The number of sulfone groups is 1. The van der Waals surface area contributed by atoms with Crippen molar-refractivity contribution in [1.29, 1.82) is 0 Å². The van der Waals surface area contributed by atoms with Crippen LogP contribution in [-0.2, 0) is 19.9 Å². The first-order chi connectivity index (χ1) is 11.6. The number of sulfonamides is 1. The van der Waals surface area contributed by atoms with Gasteiger partial charge in [-0.1, -0.05) is 17.7 Å². The highest BCUT2D eigenvalue weighted by Gasteiger charge is 2.23. The molecule has 0 aliphatic carbocycles. The number of hydrogen-bond acceptors (Lipinski definition) is 5. The number of aryl methyl sites for hydroxylation is 1. The van der Waals surface area contributed by atoms with E-state index >= 15 is 0 Å². The van der Waals surface area contributed by atoms with Gasteiger partial charge in [0.2, 0.25) is 19.9 Å². The molecular formula is C15H16ClN3O4S2. The predicted octanol–water partition coefficient (Wildman–Crippen LogP) is 1.70. The molecule has 0 aromatic heterocycles. The Labute approximate surface area is 151 Å². The third-order valence-electron chi connectivity index (χ3n) is 3.28. The van der Waals surface area contributed by atoms with Crippen LogP contribution >= 0.6 is 11.6 Å². The molecule has 0 atom stereocenters. The van der Waals surface area contributed by atoms with Gasteiger partial charge >= 0.3 is 0 Å². The lowest BCUT2D eigenvalue weighted by Gasteiger charge is -2.10. The van der Waals surface area contributed by atoms with E-state index in [4.69, 9.17) is 22.5 Å². The summed E-state index contributed by atoms with van der Waals surface area (Å²) >= 11 is 5.58. The van der Waals surface area contributed by atoms with Crippen LogP contribution in [0, 0.1) is 6.92 Å². The predicted molar refractivity (Wildman–Crippen MR) is 96.4 cm³/mol. The summed E-state index contributed by atoms with van der Waals surface area (Å²) < 4.78 is 48.8. The van der Waals surface area contributed by atoms with Crippen molar-refractivity contribution in [3.8, 4) is 0 Å². The van der Waals surface area contributed by atoms with Gasteiger partial charge in [0, 0.05) is 0 Å². The number of nitrogens with zero attached hydrogens (tertiary/aromatic N) is 1. The lowest BCUT2D eigenvalue weighted by molar-refractivity contribution is 0.593. The topological polar surface area (TPSA) is 133 Å². The third-order valence-corrected chi connectivity index (χ3v) is 6.28. The summed E-state index contributed by atoms with van der Waals surface area (Å²) in [6, 6.07) is 9.51. The molecule has 0 aliphatic rings. The van der Waals surface area contributed by atoms with Crippen LogP contribution in [-0.4, -0.2) is 28.6 Å². The normalized spacial score (nSPS) is 13.0. The minimum atomic E-state index is -4.04. The van der Waals surface area contributed by atoms with E-state index in [0.717, 1.165) is 23.8 Å². The number of benzene rings is 2. The lowest BCUT2D eigenvalue weighted by atomic mass is 10.2. The van der Waals surface area contributed by atoms with E-state index in [1.54, 1.807) is 12.1 Å². The monoisotopic (exact) mass is 401 g/mol. The fraction of sp³-hybridized carbons (Fsp3) is 0.133. The van der Waals surface area contributed by atoms with Crippen LogP contribution in [0.4, 0.5) is 5.69 Å². The average molecular weight is 402 g/mol. The smallest absolute Gasteiger partial charge is 0.238 e. The van der Waals surface area contributed by atoms with Crippen LogP contribution in [0.3, 0.4) is 0 Å². The van der Waals surface area contributed by atoms with Crippen LogP contribution in [0.5, 0.6) is 0 Å². The number of nitrogens with two attached hydrogens (primary N) is 2. The number of halogens is 1. The van der Waals surface area contributed by atoms with Crippen molar-refractivity contribution in [1.82, 2.24) is 0 Å². The van der Waals surface area contributed by atoms with Gasteiger partial charge in [-0.15, -0.1) is 11.6 Å². The molecule has 0 unspecified atom stereocenters. The van der Waals surface area contributed by atoms with E-state index in [2.05, 4.69) is 4.99 Å². The molecule has 7 nitrogen and oxygen atoms in total. The summed E-state index contributed by atoms with van der Waals surface area (Å²) in [7, 11) is -7.98. The van der Waals surface area contributed by atoms with E-state index in [1.165, 1.54) is 12.1 Å². The van der Waals surface area contributed by atoms with Crippen molar-refractivity contribution >= 4 is 43.0 Å². The molecule has 134 valence electrons. The molecule has 2 aromatic rings. The standard InChI is InChI=1S/C15H16ClN3O4S2/c1-10-2-4-11(5-3-10)24(20,21)14-7-6-12(25(18,22)23)8-13(14)19-15(17)9-16/h2-8H,9H2,1H3,(H2,17,19)(H2,18,22,23). The molecular weight excluding hydrogens is 386 g/mol. The highest BCUT2D eigenvalue weighted by molar-refractivity contribution is 7.91. The largest absolute Gasteiger partial charge is 0.386 e. The van der Waals surface area contributed by atoms with Crippen molar-refractivity contribution in [2.24, 2.45) is 15.9 Å². The first-order valence-electron chi connectivity index (χ1n) is 6.93. The minimum absolute atomic E-state index is 0.0438. The Kier molecular flexibility index (Phi) is 5.52. The van der Waals surface area contributed by atoms with Crippen molar-refractivity contribution in [2.75, 3.05) is 5.88 Å². The molecule has 0 saturated carbocycles. The summed E-state index contributed by atoms with van der Waals surface area (Å²) in [5.41, 5.74) is 6.33. The van der Waals surface area contributed by atoms with Crippen LogP contribution in [0.1, 0.15) is 5.56 Å². The summed E-state index contributed by atoms with van der Waals surface area (Å²) in [5.74, 6) is -0.211. The summed E-state index contributed by atoms with van der Waals surface area (Å²) in [5, 5.41) is 5.09. The Morgan fingerprint density at radius 1 is 1.04 bits per heavy atom. The molecule has 0 radical (unpaired) electrons. The first kappa shape index (κ1) is 19.4. The van der Waals surface area contributed by atoms with Gasteiger partial charge in [0.05, 0.1) is 26.3 Å². The Morgan fingerprint density at radius 3 is 2.12 bits per heavy atom. The SMILES string of the molecule is Cc1ccc(S(=O)(=O)c2ccc(S(N)(=O)=O)cc2N=C(N)CCl)cc1. The van der Waals surface area contributed by atoms with E-state index in [9.17, 15) is 16.8 Å². The second kappa shape index (κ2) is 7.12. The zero-order chi connectivity index (χ0) is 18.8. The first-order valence-corrected chi connectivity index (χ1v) is 10.5. The fourth-order valence-corrected chi connectivity index (χ4v) is 3.99. The molecule has 0 aliphatic heterocycles. The number of hydrogen-bond donors (Lipinski definition) is 2. The van der Waals surface area contributed by atoms with Gasteiger partial charge in [-0.3, -0.25) is 0 Å². The van der Waals surface area contributed by atoms with Crippen molar-refractivity contribution in [3.05, 3.63) is 48.0 Å². The van der Waals surface area contributed by atoms with Gasteiger partial charge in [-0.05, 0) is 37.3 Å². The van der Waals surface area contributed by atoms with Crippen LogP contribution in [0.2, 0.25) is 0 Å². The number of aliphatic imine (C=N–C) groups is 1. The molecule has 0 heterocycles. The second-order valence-corrected chi connectivity index (χ2v) is 8.97. The molecule has 2 rings (SSSR count). The van der Waals surface area contributed by atoms with Crippen molar-refractivity contribution in [3.63, 3.8) is 0 Å². The number of primary sulfonamides is 1. The number of amidine groups is 1. The van der Waals surface area contributed by atoms with E-state index in [0.29, 0.717) is 0 Å². The van der Waals surface area contributed by atoms with E-state index < -0.39 is 19.9 Å². The Morgan fingerprint density at radius 2 is 1.60 bits per heavy atom. The van der Waals surface area contributed by atoms with Crippen molar-refractivity contribution < 1.29 is 16.8 Å². The quantitative estimate of drug-likeness (QED) is 0.447. The van der Waals surface area contributed by atoms with Gasteiger partial charge in [-0.2, -0.15) is 0 Å². The van der Waals surface area contributed by atoms with Crippen molar-refractivity contribution in [2.45, 2.75) is 21.6 Å². The maximum Gasteiger partial charge on any atom is 0.238 e. The molecule has 0 bridgehead atoms. The fourth-order valence-electron chi connectivity index (χ4n) is 2.02. The Balaban J connectivity index is 2.73. The van der Waals surface area contributed by atoms with Gasteiger partial charge in [0.15, 0.2) is 0 Å². The molecule has 2 aromatic carbocycles. The highest BCUT2D eigenvalue weighted by Crippen LogP contribution is 2.32. The molecule has 25 heavy (non-hydrogen) atoms. The highest BCUT2D eigenvalue weighted by atomic mass is 35.5. The van der Waals surface area contributed by atoms with Gasteiger partial charge in [0.25, 0.3) is 0 Å². The molecule has 0 saturated heterocycles. The molecule has 4 N–H and O–H groups in total. The van der Waals surface area contributed by atoms with Crippen LogP contribution in [0.15, 0.2) is 62.1 Å². The maximum atomic E-state index is 12.9. The second-order valence-electron chi connectivity index (χ2n) is 5.23. The van der Waals surface area contributed by atoms with Gasteiger partial charge in [-0.25, -0.2) is 27.0 Å². The van der Waals surface area contributed by atoms with Gasteiger partial charge < -0.3 is 5.73 Å². The summed E-state index contributed by atoms with van der Waals surface area (Å²) in [4.78, 5) is 3.49.